The highest BCUT2D eigenvalue weighted by atomic mass is 28.5. The minimum absolute atomic E-state index is 0. The van der Waals surface area contributed by atoms with Crippen LogP contribution in [-0.4, -0.2) is 107 Å². The fourth-order valence-electron chi connectivity index (χ4n) is 6.00. The Balaban J connectivity index is -0.0000000291. The lowest BCUT2D eigenvalue weighted by molar-refractivity contribution is 0.315. The van der Waals surface area contributed by atoms with E-state index < -0.39 is 94.2 Å². The molecule has 0 aliphatic rings. The lowest BCUT2D eigenvalue weighted by atomic mass is 10.5. The Morgan fingerprint density at radius 2 is 0.560 bits per heavy atom. The van der Waals surface area contributed by atoms with E-state index >= 15 is 0 Å². The van der Waals surface area contributed by atoms with Crippen molar-refractivity contribution in [3.05, 3.63) is 25.3 Å². The van der Waals surface area contributed by atoms with Crippen LogP contribution in [0.1, 0.15) is 158 Å². The summed E-state index contributed by atoms with van der Waals surface area (Å²) in [6, 6.07) is 3.08. The average molecular weight is 1280 g/mol. The highest BCUT2D eigenvalue weighted by molar-refractivity contribution is 6.90. The number of allylic oxidation sites excluding steroid dienone is 1. The Morgan fingerprint density at radius 1 is 0.347 bits per heavy atom. The van der Waals surface area contributed by atoms with E-state index in [1.54, 1.807) is 6.08 Å². The fraction of sp³-hybridized carbons (Fsp3) is 0.926. The third kappa shape index (κ3) is 111. The number of hydrogen-bond donors (Lipinski definition) is 2. The van der Waals surface area contributed by atoms with Gasteiger partial charge in [0.1, 0.15) is 0 Å². The molecule has 75 heavy (non-hydrogen) atoms. The van der Waals surface area contributed by atoms with Gasteiger partial charge in [-0.25, -0.2) is 0 Å². The van der Waals surface area contributed by atoms with Crippen LogP contribution in [0.25, 0.3) is 0 Å². The van der Waals surface area contributed by atoms with Crippen molar-refractivity contribution in [2.24, 2.45) is 11.5 Å². The van der Waals surface area contributed by atoms with Gasteiger partial charge in [0.05, 0.1) is 0 Å². The molecule has 4 unspecified atom stereocenters. The van der Waals surface area contributed by atoms with Crippen molar-refractivity contribution >= 4 is 94.2 Å². The van der Waals surface area contributed by atoms with E-state index in [0.29, 0.717) is 13.1 Å². The van der Waals surface area contributed by atoms with Crippen LogP contribution in [0.3, 0.4) is 0 Å². The van der Waals surface area contributed by atoms with E-state index in [2.05, 4.69) is 185 Å². The average Bonchev–Trinajstić information content (AvgIpc) is 2.95. The smallest absolute Gasteiger partial charge is 0.315 e. The summed E-state index contributed by atoms with van der Waals surface area (Å²) in [5, 5.41) is 0. The summed E-state index contributed by atoms with van der Waals surface area (Å²) in [6.45, 7) is 65.6. The van der Waals surface area contributed by atoms with Gasteiger partial charge in [-0.1, -0.05) is 157 Å². The fourth-order valence-corrected chi connectivity index (χ4v) is 48.1. The Hall–Kier alpha value is 1.47. The molecule has 0 radical (unpaired) electrons. The van der Waals surface area contributed by atoms with Crippen LogP contribution in [0.15, 0.2) is 25.3 Å². The van der Waals surface area contributed by atoms with Gasteiger partial charge >= 0.3 is 25.7 Å². The Bertz CT molecular complexity index is 1070. The molecular formula is C54H168N2O8Si11. The van der Waals surface area contributed by atoms with Crippen molar-refractivity contribution in [3.8, 4) is 0 Å². The van der Waals surface area contributed by atoms with Crippen LogP contribution < -0.4 is 11.5 Å². The van der Waals surface area contributed by atoms with Crippen molar-refractivity contribution in [2.45, 2.75) is 327 Å². The summed E-state index contributed by atoms with van der Waals surface area (Å²) in [5.41, 5.74) is 10.6. The van der Waals surface area contributed by atoms with Gasteiger partial charge in [-0.3, -0.25) is 0 Å². The van der Waals surface area contributed by atoms with Crippen molar-refractivity contribution in [3.63, 3.8) is 0 Å². The van der Waals surface area contributed by atoms with Crippen LogP contribution in [0.5, 0.6) is 0 Å². The molecule has 21 heteroatoms. The number of rotatable bonds is 25. The van der Waals surface area contributed by atoms with Crippen LogP contribution in [0, 0.1) is 0 Å². The summed E-state index contributed by atoms with van der Waals surface area (Å²) in [7, 11) is -18.4. The second kappa shape index (κ2) is 64.6. The predicted molar refractivity (Wildman–Crippen MR) is 399 cm³/mol. The van der Waals surface area contributed by atoms with Gasteiger partial charge in [0, 0.05) is 6.54 Å². The van der Waals surface area contributed by atoms with E-state index in [1.807, 2.05) is 6.08 Å². The van der Waals surface area contributed by atoms with Gasteiger partial charge in [-0.15, -0.1) is 13.2 Å². The summed E-state index contributed by atoms with van der Waals surface area (Å²) >= 11 is 0. The topological polar surface area (TPSA) is 126 Å². The van der Waals surface area contributed by atoms with Gasteiger partial charge in [-0.05, 0) is 188 Å². The molecule has 0 saturated heterocycles. The SMILES string of the molecule is C.C.C.C.C.C.C.C.C.C.C.C.C.C.C.C=CCC.C=CCN.CCC[Si](C)(O[SiH](C)O[Si](C)(C)C)O[Si](C)(C)C.CCC[Si](C)(O[Si](C)(C)C)O[Si](C)(CCCN)O[Si](C)(C)C.C[SiH](O[Si](C)(C)C)O[Si](C)(C)C. The first-order valence-electron chi connectivity index (χ1n) is 22.7. The van der Waals surface area contributed by atoms with Crippen LogP contribution in [0.4, 0.5) is 0 Å². The minimum Gasteiger partial charge on any atom is -0.439 e. The van der Waals surface area contributed by atoms with Crippen molar-refractivity contribution in [2.75, 3.05) is 13.1 Å². The number of hydrogen-bond acceptors (Lipinski definition) is 10. The molecule has 0 heterocycles. The highest BCUT2D eigenvalue weighted by Crippen LogP contribution is 2.30. The van der Waals surface area contributed by atoms with Gasteiger partial charge < -0.3 is 44.4 Å². The maximum atomic E-state index is 6.77. The largest absolute Gasteiger partial charge is 0.439 e. The second-order valence-corrected chi connectivity index (χ2v) is 64.7. The molecule has 10 nitrogen and oxygen atoms in total. The van der Waals surface area contributed by atoms with Crippen molar-refractivity contribution in [1.82, 2.24) is 0 Å². The van der Waals surface area contributed by atoms with E-state index in [1.165, 1.54) is 0 Å². The van der Waals surface area contributed by atoms with Crippen LogP contribution in [-0.2, 0) is 32.9 Å². The first-order chi connectivity index (χ1) is 26.5. The Morgan fingerprint density at radius 3 is 0.747 bits per heavy atom. The van der Waals surface area contributed by atoms with E-state index in [0.717, 1.165) is 43.8 Å². The molecule has 0 aromatic heterocycles. The van der Waals surface area contributed by atoms with E-state index in [-0.39, 0.29) is 111 Å². The molecular weight excluding hydrogens is 1110 g/mol. The molecule has 0 spiro atoms. The molecule has 4 atom stereocenters. The standard InChI is InChI=1S/C14H39NO3Si4.C11H32O3Si4.C7H22O2Si3.C4H8.C3H7N.15CH4/c1-10-13-21(8,16-19(2,3)4)18-22(9,14-11-12-15)17-20(5,6)7;1-10-11-18(9,14-17(6,7)8)13-15(2)12-16(3,4)5;1-10(8-11(2,3)4)9-12(5,6)7;1-3-4-2;1-2-3-4;;;;;;;;;;;;;;;/h10-15H2,1-9H3;15H,10-11H2,1-9H3;10H,1-7H3;3H,1,4H2,2H3;2H,1,3-4H2;15*1H4. The summed E-state index contributed by atoms with van der Waals surface area (Å²) in [6.07, 6.45) is 7.81. The predicted octanol–water partition coefficient (Wildman–Crippen LogP) is 22.4. The molecule has 0 rings (SSSR count). The summed E-state index contributed by atoms with van der Waals surface area (Å²) < 4.78 is 50.5. The molecule has 486 valence electrons. The summed E-state index contributed by atoms with van der Waals surface area (Å²) in [5.74, 6) is 0. The third-order valence-electron chi connectivity index (χ3n) is 6.67. The lowest BCUT2D eigenvalue weighted by Crippen LogP contribution is -2.58. The van der Waals surface area contributed by atoms with Gasteiger partial charge in [-0.2, -0.15) is 0 Å². The summed E-state index contributed by atoms with van der Waals surface area (Å²) in [4.78, 5) is 0. The zero-order chi connectivity index (χ0) is 49.1. The Labute approximate surface area is 500 Å². The molecule has 0 aliphatic carbocycles. The maximum Gasteiger partial charge on any atom is 0.315 e. The Kier molecular flexibility index (Phi) is 118. The lowest BCUT2D eigenvalue weighted by Gasteiger charge is -2.42. The van der Waals surface area contributed by atoms with Gasteiger partial charge in [0.15, 0.2) is 49.9 Å². The van der Waals surface area contributed by atoms with Crippen molar-refractivity contribution < 1.29 is 32.9 Å². The quantitative estimate of drug-likeness (QED) is 0.0674. The zero-order valence-corrected chi connectivity index (χ0v) is 56.3. The molecule has 0 aromatic carbocycles. The molecule has 4 N–H and O–H groups in total. The maximum absolute atomic E-state index is 6.77. The molecule has 0 fully saturated rings. The molecule has 0 aliphatic heterocycles. The number of nitrogens with two attached hydrogens (primary N) is 2. The van der Waals surface area contributed by atoms with E-state index in [4.69, 9.17) is 44.4 Å². The highest BCUT2D eigenvalue weighted by Gasteiger charge is 2.46. The van der Waals surface area contributed by atoms with Crippen molar-refractivity contribution in [1.29, 1.82) is 0 Å². The molecule has 0 aromatic rings. The van der Waals surface area contributed by atoms with Gasteiger partial charge in [0.25, 0.3) is 18.6 Å². The molecule has 0 bridgehead atoms. The van der Waals surface area contributed by atoms with Crippen LogP contribution in [0.2, 0.25) is 169 Å². The van der Waals surface area contributed by atoms with E-state index in [9.17, 15) is 0 Å². The minimum atomic E-state index is -2.24. The first kappa shape index (κ1) is 137. The molecule has 0 saturated carbocycles. The first-order valence-corrected chi connectivity index (χ1v) is 54.9. The van der Waals surface area contributed by atoms with Crippen LogP contribution >= 0.6 is 0 Å². The zero-order valence-electron chi connectivity index (χ0n) is 45.0. The second-order valence-electron chi connectivity index (χ2n) is 21.7. The molecule has 0 amide bonds. The third-order valence-corrected chi connectivity index (χ3v) is 42.5. The monoisotopic (exact) mass is 1280 g/mol. The van der Waals surface area contributed by atoms with Gasteiger partial charge in [0.2, 0.25) is 0 Å². The normalized spacial score (nSPS) is 12.9.